The molecule has 2 N–H and O–H groups in total. The molecule has 0 radical (unpaired) electrons. The Hall–Kier alpha value is -2.04. The number of aryl methyl sites for hydroxylation is 2. The van der Waals surface area contributed by atoms with Crippen LogP contribution in [0.15, 0.2) is 36.4 Å². The molecule has 2 aromatic rings. The van der Waals surface area contributed by atoms with Gasteiger partial charge >= 0.3 is 0 Å². The third-order valence-corrected chi connectivity index (χ3v) is 4.14. The number of amides is 2. The van der Waals surface area contributed by atoms with Crippen molar-refractivity contribution in [2.75, 3.05) is 11.9 Å². The van der Waals surface area contributed by atoms with Gasteiger partial charge in [0.25, 0.3) is 0 Å². The highest BCUT2D eigenvalue weighted by Gasteiger charge is 2.11. The highest BCUT2D eigenvalue weighted by Crippen LogP contribution is 2.21. The van der Waals surface area contributed by atoms with E-state index in [4.69, 9.17) is 23.2 Å². The van der Waals surface area contributed by atoms with Crippen molar-refractivity contribution >= 4 is 40.7 Å². The third-order valence-electron chi connectivity index (χ3n) is 3.56. The van der Waals surface area contributed by atoms with Gasteiger partial charge in [-0.25, -0.2) is 0 Å². The third kappa shape index (κ3) is 4.98. The molecular formula is C18H18Cl2N2O2. The first-order valence-corrected chi connectivity index (χ1v) is 8.19. The van der Waals surface area contributed by atoms with Crippen LogP contribution in [0.3, 0.4) is 0 Å². The first-order chi connectivity index (χ1) is 11.4. The van der Waals surface area contributed by atoms with Crippen LogP contribution in [0.4, 0.5) is 5.69 Å². The van der Waals surface area contributed by atoms with Crippen molar-refractivity contribution in [3.05, 3.63) is 63.1 Å². The zero-order valence-electron chi connectivity index (χ0n) is 13.5. The maximum atomic E-state index is 12.0. The summed E-state index contributed by atoms with van der Waals surface area (Å²) in [4.78, 5) is 24.0. The maximum absolute atomic E-state index is 12.0. The molecule has 0 heterocycles. The van der Waals surface area contributed by atoms with Crippen LogP contribution < -0.4 is 10.6 Å². The van der Waals surface area contributed by atoms with Crippen molar-refractivity contribution in [3.63, 3.8) is 0 Å². The van der Waals surface area contributed by atoms with E-state index in [1.165, 1.54) is 0 Å². The number of rotatable bonds is 5. The molecule has 6 heteroatoms. The largest absolute Gasteiger partial charge is 0.347 e. The molecule has 2 amide bonds. The van der Waals surface area contributed by atoms with Crippen LogP contribution in [0, 0.1) is 13.8 Å². The van der Waals surface area contributed by atoms with Gasteiger partial charge in [-0.3, -0.25) is 9.59 Å². The summed E-state index contributed by atoms with van der Waals surface area (Å²) in [7, 11) is 0. The van der Waals surface area contributed by atoms with Gasteiger partial charge in [0.15, 0.2) is 0 Å². The van der Waals surface area contributed by atoms with Crippen LogP contribution in [0.5, 0.6) is 0 Å². The van der Waals surface area contributed by atoms with E-state index in [9.17, 15) is 9.59 Å². The van der Waals surface area contributed by atoms with E-state index < -0.39 is 0 Å². The molecule has 126 valence electrons. The van der Waals surface area contributed by atoms with Crippen LogP contribution in [0.25, 0.3) is 0 Å². The van der Waals surface area contributed by atoms with Crippen molar-refractivity contribution in [1.29, 1.82) is 0 Å². The number of halogens is 2. The summed E-state index contributed by atoms with van der Waals surface area (Å²) in [6.07, 6.45) is 0.0900. The molecule has 24 heavy (non-hydrogen) atoms. The van der Waals surface area contributed by atoms with E-state index in [1.54, 1.807) is 18.2 Å². The number of nitrogens with one attached hydrogen (secondary N) is 2. The summed E-state index contributed by atoms with van der Waals surface area (Å²) in [5.41, 5.74) is 3.39. The molecular weight excluding hydrogens is 347 g/mol. The first-order valence-electron chi connectivity index (χ1n) is 7.43. The number of anilines is 1. The second kappa shape index (κ2) is 8.18. The molecule has 4 nitrogen and oxygen atoms in total. The van der Waals surface area contributed by atoms with E-state index in [0.717, 1.165) is 16.8 Å². The van der Waals surface area contributed by atoms with Crippen LogP contribution in [-0.4, -0.2) is 18.4 Å². The lowest BCUT2D eigenvalue weighted by Gasteiger charge is -2.12. The lowest BCUT2D eigenvalue weighted by atomic mass is 10.1. The van der Waals surface area contributed by atoms with Crippen molar-refractivity contribution in [2.24, 2.45) is 0 Å². The predicted octanol–water partition coefficient (Wildman–Crippen LogP) is 3.91. The fourth-order valence-corrected chi connectivity index (χ4v) is 2.75. The van der Waals surface area contributed by atoms with Crippen LogP contribution in [0.1, 0.15) is 16.7 Å². The summed E-state index contributed by atoms with van der Waals surface area (Å²) >= 11 is 11.9. The van der Waals surface area contributed by atoms with Gasteiger partial charge in [0, 0.05) is 15.7 Å². The Morgan fingerprint density at radius 2 is 1.67 bits per heavy atom. The van der Waals surface area contributed by atoms with Crippen molar-refractivity contribution < 1.29 is 9.59 Å². The van der Waals surface area contributed by atoms with Crippen molar-refractivity contribution in [3.8, 4) is 0 Å². The lowest BCUT2D eigenvalue weighted by Crippen LogP contribution is -2.34. The van der Waals surface area contributed by atoms with Gasteiger partial charge in [-0.1, -0.05) is 47.5 Å². The highest BCUT2D eigenvalue weighted by molar-refractivity contribution is 6.35. The molecule has 0 fully saturated rings. The molecule has 0 aliphatic carbocycles. The Morgan fingerprint density at radius 3 is 2.29 bits per heavy atom. The average Bonchev–Trinajstić information content (AvgIpc) is 2.52. The number of carbonyl (C=O) groups is 2. The Kier molecular flexibility index (Phi) is 6.23. The topological polar surface area (TPSA) is 58.2 Å². The summed E-state index contributed by atoms with van der Waals surface area (Å²) < 4.78 is 0. The van der Waals surface area contributed by atoms with Gasteiger partial charge in [0.1, 0.15) is 0 Å². The SMILES string of the molecule is Cc1cccc(C)c1NC(=O)CNC(=O)Cc1ccc(Cl)cc1Cl. The van der Waals surface area contributed by atoms with Gasteiger partial charge in [0.2, 0.25) is 11.8 Å². The van der Waals surface area contributed by atoms with Crippen LogP contribution in [0.2, 0.25) is 10.0 Å². The second-order valence-corrected chi connectivity index (χ2v) is 6.35. The number of benzene rings is 2. The molecule has 0 aliphatic rings. The van der Waals surface area contributed by atoms with E-state index in [1.807, 2.05) is 32.0 Å². The van der Waals surface area contributed by atoms with E-state index in [2.05, 4.69) is 10.6 Å². The van der Waals surface area contributed by atoms with Gasteiger partial charge in [0.05, 0.1) is 13.0 Å². The zero-order valence-corrected chi connectivity index (χ0v) is 15.0. The summed E-state index contributed by atoms with van der Waals surface area (Å²) in [6.45, 7) is 3.74. The number of carbonyl (C=O) groups excluding carboxylic acids is 2. The zero-order chi connectivity index (χ0) is 17.7. The first kappa shape index (κ1) is 18.3. The smallest absolute Gasteiger partial charge is 0.243 e. The average molecular weight is 365 g/mol. The van der Waals surface area contributed by atoms with Crippen LogP contribution in [-0.2, 0) is 16.0 Å². The molecule has 0 saturated carbocycles. The normalized spacial score (nSPS) is 10.3. The number of para-hydroxylation sites is 1. The summed E-state index contributed by atoms with van der Waals surface area (Å²) in [5, 5.41) is 6.35. The Labute approximate surface area is 151 Å². The van der Waals surface area contributed by atoms with E-state index in [0.29, 0.717) is 15.6 Å². The maximum Gasteiger partial charge on any atom is 0.243 e. The van der Waals surface area contributed by atoms with Gasteiger partial charge in [-0.2, -0.15) is 0 Å². The monoisotopic (exact) mass is 364 g/mol. The molecule has 0 spiro atoms. The molecule has 2 aromatic carbocycles. The van der Waals surface area contributed by atoms with Crippen molar-refractivity contribution in [1.82, 2.24) is 5.32 Å². The Bertz CT molecular complexity index is 755. The molecule has 0 bridgehead atoms. The predicted molar refractivity (Wildman–Crippen MR) is 97.7 cm³/mol. The van der Waals surface area contributed by atoms with Gasteiger partial charge < -0.3 is 10.6 Å². The minimum atomic E-state index is -0.282. The fourth-order valence-electron chi connectivity index (χ4n) is 2.27. The van der Waals surface area contributed by atoms with Gasteiger partial charge in [-0.15, -0.1) is 0 Å². The fraction of sp³-hybridized carbons (Fsp3) is 0.222. The quantitative estimate of drug-likeness (QED) is 0.844. The van der Waals surface area contributed by atoms with E-state index >= 15 is 0 Å². The standard InChI is InChI=1S/C18H18Cl2N2O2/c1-11-4-3-5-12(2)18(11)22-17(24)10-21-16(23)8-13-6-7-14(19)9-15(13)20/h3-7,9H,8,10H2,1-2H3,(H,21,23)(H,22,24). The molecule has 0 aromatic heterocycles. The van der Waals surface area contributed by atoms with Crippen molar-refractivity contribution in [2.45, 2.75) is 20.3 Å². The number of hydrogen-bond donors (Lipinski definition) is 2. The minimum absolute atomic E-state index is 0.0900. The summed E-state index contributed by atoms with van der Waals surface area (Å²) in [6, 6.07) is 10.7. The molecule has 2 rings (SSSR count). The minimum Gasteiger partial charge on any atom is -0.347 e. The Morgan fingerprint density at radius 1 is 1.00 bits per heavy atom. The molecule has 0 saturated heterocycles. The van der Waals surface area contributed by atoms with Gasteiger partial charge in [-0.05, 0) is 42.7 Å². The molecule has 0 unspecified atom stereocenters. The Balaban J connectivity index is 1.88. The molecule has 0 aliphatic heterocycles. The van der Waals surface area contributed by atoms with E-state index in [-0.39, 0.29) is 24.8 Å². The highest BCUT2D eigenvalue weighted by atomic mass is 35.5. The molecule has 0 atom stereocenters. The van der Waals surface area contributed by atoms with Crippen LogP contribution >= 0.6 is 23.2 Å². The second-order valence-electron chi connectivity index (χ2n) is 5.50. The lowest BCUT2D eigenvalue weighted by molar-refractivity contribution is -0.123. The summed E-state index contributed by atoms with van der Waals surface area (Å²) in [5.74, 6) is -0.557. The number of hydrogen-bond acceptors (Lipinski definition) is 2.